The molecular weight excluding hydrogens is 278 g/mol. The van der Waals surface area contributed by atoms with Crippen molar-refractivity contribution in [1.82, 2.24) is 14.3 Å². The van der Waals surface area contributed by atoms with E-state index in [0.717, 1.165) is 0 Å². The van der Waals surface area contributed by atoms with Gasteiger partial charge >= 0.3 is 0 Å². The Morgan fingerprint density at radius 2 is 2.28 bits per heavy atom. The number of anilines is 2. The maximum absolute atomic E-state index is 11.2. The lowest BCUT2D eigenvalue weighted by atomic mass is 10.0. The Morgan fingerprint density at radius 3 is 2.89 bits per heavy atom. The summed E-state index contributed by atoms with van der Waals surface area (Å²) in [5.74, 6) is 0.877. The van der Waals surface area contributed by atoms with E-state index in [9.17, 15) is 8.42 Å². The fourth-order valence-corrected chi connectivity index (χ4v) is 2.79. The van der Waals surface area contributed by atoms with Crippen LogP contribution in [-0.2, 0) is 10.0 Å². The van der Waals surface area contributed by atoms with E-state index in [1.165, 1.54) is 16.8 Å². The number of halogens is 1. The molecule has 3 N–H and O–H groups in total. The van der Waals surface area contributed by atoms with Crippen LogP contribution in [0.3, 0.4) is 0 Å². The van der Waals surface area contributed by atoms with Gasteiger partial charge in [0.25, 0.3) is 0 Å². The van der Waals surface area contributed by atoms with E-state index in [1.807, 2.05) is 0 Å². The largest absolute Gasteiger partial charge is 0.368 e. The van der Waals surface area contributed by atoms with Crippen molar-refractivity contribution in [2.45, 2.75) is 0 Å². The molecule has 0 spiro atoms. The lowest BCUT2D eigenvalue weighted by Crippen LogP contribution is -2.51. The molecule has 18 heavy (non-hydrogen) atoms. The molecule has 0 saturated carbocycles. The summed E-state index contributed by atoms with van der Waals surface area (Å²) in [6.45, 7) is 1.64. The summed E-state index contributed by atoms with van der Waals surface area (Å²) in [6.07, 6.45) is 2.63. The van der Waals surface area contributed by atoms with Crippen molar-refractivity contribution >= 4 is 33.4 Å². The average Bonchev–Trinajstić information content (AvgIpc) is 2.18. The first-order valence-corrected chi connectivity index (χ1v) is 7.56. The summed E-state index contributed by atoms with van der Waals surface area (Å²) in [6, 6.07) is 0. The predicted octanol–water partition coefficient (Wildman–Crippen LogP) is 0.0155. The normalized spacial score (nSPS) is 17.4. The monoisotopic (exact) mass is 291 g/mol. The van der Waals surface area contributed by atoms with Gasteiger partial charge in [0, 0.05) is 25.6 Å². The number of nitrogens with two attached hydrogens (primary N) is 1. The van der Waals surface area contributed by atoms with Crippen LogP contribution >= 0.6 is 11.6 Å². The van der Waals surface area contributed by atoms with E-state index in [2.05, 4.69) is 15.3 Å². The van der Waals surface area contributed by atoms with E-state index in [4.69, 9.17) is 17.3 Å². The summed E-state index contributed by atoms with van der Waals surface area (Å²) < 4.78 is 23.8. The smallest absolute Gasteiger partial charge is 0.222 e. The molecule has 1 aliphatic heterocycles. The molecule has 0 amide bonds. The maximum Gasteiger partial charge on any atom is 0.222 e. The van der Waals surface area contributed by atoms with E-state index in [1.54, 1.807) is 0 Å². The highest BCUT2D eigenvalue weighted by Crippen LogP contribution is 2.22. The van der Waals surface area contributed by atoms with Crippen molar-refractivity contribution in [3.8, 4) is 0 Å². The lowest BCUT2D eigenvalue weighted by molar-refractivity contribution is 0.213. The zero-order valence-corrected chi connectivity index (χ0v) is 11.4. The van der Waals surface area contributed by atoms with Crippen LogP contribution in [0.4, 0.5) is 11.8 Å². The molecule has 7 nitrogen and oxygen atoms in total. The molecule has 100 valence electrons. The fraction of sp³-hybridized carbons (Fsp3) is 0.556. The SMILES string of the molecule is CS(=O)(=O)N1CC(CNc2nc(N)ncc2Cl)C1. The van der Waals surface area contributed by atoms with Gasteiger partial charge in [0.1, 0.15) is 10.8 Å². The van der Waals surface area contributed by atoms with Crippen LogP contribution in [0.15, 0.2) is 6.20 Å². The second-order valence-corrected chi connectivity index (χ2v) is 6.64. The third kappa shape index (κ3) is 3.01. The highest BCUT2D eigenvalue weighted by Gasteiger charge is 2.32. The summed E-state index contributed by atoms with van der Waals surface area (Å²) in [5.41, 5.74) is 5.45. The first kappa shape index (κ1) is 13.3. The number of rotatable bonds is 4. The standard InChI is InChI=1S/C9H14ClN5O2S/c1-18(16,17)15-4-6(5-15)2-12-8-7(10)3-13-9(11)14-8/h3,6H,2,4-5H2,1H3,(H3,11,12,13,14). The lowest BCUT2D eigenvalue weighted by Gasteiger charge is -2.37. The molecule has 2 heterocycles. The molecule has 0 aliphatic carbocycles. The number of sulfonamides is 1. The third-order valence-electron chi connectivity index (χ3n) is 2.71. The molecule has 0 bridgehead atoms. The Labute approximate surface area is 110 Å². The van der Waals surface area contributed by atoms with Crippen LogP contribution in [-0.4, -0.2) is 48.6 Å². The molecule has 1 fully saturated rings. The van der Waals surface area contributed by atoms with Crippen molar-refractivity contribution in [2.75, 3.05) is 36.9 Å². The third-order valence-corrected chi connectivity index (χ3v) is 4.23. The molecule has 0 radical (unpaired) electrons. The van der Waals surface area contributed by atoms with Gasteiger partial charge in [0.05, 0.1) is 12.5 Å². The van der Waals surface area contributed by atoms with E-state index < -0.39 is 10.0 Å². The fourth-order valence-electron chi connectivity index (χ4n) is 1.67. The summed E-state index contributed by atoms with van der Waals surface area (Å²) in [5, 5.41) is 3.44. The molecule has 9 heteroatoms. The zero-order valence-electron chi connectivity index (χ0n) is 9.80. The molecular formula is C9H14ClN5O2S. The van der Waals surface area contributed by atoms with Gasteiger partial charge in [0.2, 0.25) is 16.0 Å². The van der Waals surface area contributed by atoms with E-state index in [0.29, 0.717) is 30.5 Å². The molecule has 1 aromatic heterocycles. The minimum absolute atomic E-state index is 0.147. The zero-order chi connectivity index (χ0) is 13.3. The summed E-state index contributed by atoms with van der Waals surface area (Å²) in [7, 11) is -3.06. The Bertz CT molecular complexity index is 544. The molecule has 0 atom stereocenters. The van der Waals surface area contributed by atoms with Crippen molar-refractivity contribution in [1.29, 1.82) is 0 Å². The van der Waals surface area contributed by atoms with Crippen molar-refractivity contribution in [3.05, 3.63) is 11.2 Å². The topological polar surface area (TPSA) is 101 Å². The highest BCUT2D eigenvalue weighted by atomic mass is 35.5. The van der Waals surface area contributed by atoms with Gasteiger partial charge in [-0.15, -0.1) is 0 Å². The number of nitrogen functional groups attached to an aromatic ring is 1. The van der Waals surface area contributed by atoms with Gasteiger partial charge in [-0.1, -0.05) is 11.6 Å². The number of nitrogens with zero attached hydrogens (tertiary/aromatic N) is 3. The van der Waals surface area contributed by atoms with Gasteiger partial charge in [-0.2, -0.15) is 4.98 Å². The highest BCUT2D eigenvalue weighted by molar-refractivity contribution is 7.88. The second-order valence-electron chi connectivity index (χ2n) is 4.25. The molecule has 1 aromatic rings. The van der Waals surface area contributed by atoms with Crippen molar-refractivity contribution in [2.24, 2.45) is 5.92 Å². The predicted molar refractivity (Wildman–Crippen MR) is 69.9 cm³/mol. The van der Waals surface area contributed by atoms with Gasteiger partial charge in [-0.3, -0.25) is 0 Å². The maximum atomic E-state index is 11.2. The first-order valence-electron chi connectivity index (χ1n) is 5.33. The van der Waals surface area contributed by atoms with Crippen LogP contribution in [0, 0.1) is 5.92 Å². The van der Waals surface area contributed by atoms with Gasteiger partial charge in [-0.05, 0) is 0 Å². The van der Waals surface area contributed by atoms with Crippen LogP contribution < -0.4 is 11.1 Å². The van der Waals surface area contributed by atoms with Crippen molar-refractivity contribution in [3.63, 3.8) is 0 Å². The minimum Gasteiger partial charge on any atom is -0.368 e. The molecule has 2 rings (SSSR count). The Balaban J connectivity index is 1.86. The summed E-state index contributed by atoms with van der Waals surface area (Å²) >= 11 is 5.89. The number of nitrogens with one attached hydrogen (secondary N) is 1. The number of hydrogen-bond donors (Lipinski definition) is 2. The van der Waals surface area contributed by atoms with Gasteiger partial charge < -0.3 is 11.1 Å². The average molecular weight is 292 g/mol. The molecule has 1 aliphatic rings. The summed E-state index contributed by atoms with van der Waals surface area (Å²) in [4.78, 5) is 7.71. The first-order chi connectivity index (χ1) is 8.36. The van der Waals surface area contributed by atoms with Gasteiger partial charge in [-0.25, -0.2) is 17.7 Å². The van der Waals surface area contributed by atoms with Crippen LogP contribution in [0.2, 0.25) is 5.02 Å². The second kappa shape index (κ2) is 4.87. The minimum atomic E-state index is -3.06. The number of aromatic nitrogens is 2. The van der Waals surface area contributed by atoms with Crippen LogP contribution in [0.25, 0.3) is 0 Å². The van der Waals surface area contributed by atoms with Gasteiger partial charge in [0.15, 0.2) is 0 Å². The quantitative estimate of drug-likeness (QED) is 0.811. The Kier molecular flexibility index (Phi) is 3.60. The van der Waals surface area contributed by atoms with Crippen LogP contribution in [0.5, 0.6) is 0 Å². The Morgan fingerprint density at radius 1 is 1.61 bits per heavy atom. The van der Waals surface area contributed by atoms with Crippen molar-refractivity contribution < 1.29 is 8.42 Å². The van der Waals surface area contributed by atoms with Crippen LogP contribution in [0.1, 0.15) is 0 Å². The Hall–Kier alpha value is -1.12. The molecule has 0 unspecified atom stereocenters. The molecule has 0 aromatic carbocycles. The van der Waals surface area contributed by atoms with E-state index >= 15 is 0 Å². The molecule has 1 saturated heterocycles. The number of hydrogen-bond acceptors (Lipinski definition) is 6. The van der Waals surface area contributed by atoms with E-state index in [-0.39, 0.29) is 11.9 Å².